The number of nitrogens with zero attached hydrogens (tertiary/aromatic N) is 4. The highest BCUT2D eigenvalue weighted by Gasteiger charge is 2.39. The molecule has 7 aromatic carbocycles. The molecule has 0 N–H and O–H groups in total. The SMILES string of the molecule is [C-]#[N+]c1ccccc1-c1cccc2c1c1c(-c3ccccc3C#N)cccc1n2-c1cccc2c1C(=O)N(c1ccc(-c3ccccc3)cc1)C2=O. The summed E-state index contributed by atoms with van der Waals surface area (Å²) in [6.07, 6.45) is 0. The van der Waals surface area contributed by atoms with Crippen LogP contribution in [-0.4, -0.2) is 16.4 Å². The molecule has 0 saturated carbocycles. The van der Waals surface area contributed by atoms with Gasteiger partial charge in [0.15, 0.2) is 5.69 Å². The lowest BCUT2D eigenvalue weighted by molar-refractivity contribution is 0.0926. The second kappa shape index (κ2) is 12.1. The molecule has 0 aliphatic carbocycles. The Balaban J connectivity index is 1.30. The molecule has 0 radical (unpaired) electrons. The largest absolute Gasteiger partial charge is 0.308 e. The lowest BCUT2D eigenvalue weighted by Gasteiger charge is -2.15. The van der Waals surface area contributed by atoms with E-state index in [1.807, 2.05) is 150 Å². The summed E-state index contributed by atoms with van der Waals surface area (Å²) in [5.74, 6) is -0.788. The predicted octanol–water partition coefficient (Wildman–Crippen LogP) is 11.0. The molecular formula is C46H26N4O2. The highest BCUT2D eigenvalue weighted by Crippen LogP contribution is 2.46. The minimum absolute atomic E-state index is 0.313. The van der Waals surface area contributed by atoms with Crippen LogP contribution in [-0.2, 0) is 0 Å². The fourth-order valence-electron chi connectivity index (χ4n) is 7.55. The van der Waals surface area contributed by atoms with E-state index < -0.39 is 5.91 Å². The van der Waals surface area contributed by atoms with Crippen molar-refractivity contribution in [1.29, 1.82) is 5.26 Å². The topological polar surface area (TPSA) is 70.5 Å². The number of amides is 2. The fourth-order valence-corrected chi connectivity index (χ4v) is 7.55. The Morgan fingerprint density at radius 2 is 1.08 bits per heavy atom. The average molecular weight is 667 g/mol. The number of hydrogen-bond donors (Lipinski definition) is 0. The molecule has 0 saturated heterocycles. The van der Waals surface area contributed by atoms with Crippen molar-refractivity contribution < 1.29 is 9.59 Å². The number of anilines is 1. The van der Waals surface area contributed by atoms with Crippen molar-refractivity contribution >= 4 is 45.0 Å². The molecule has 9 rings (SSSR count). The third-order valence-electron chi connectivity index (χ3n) is 9.84. The van der Waals surface area contributed by atoms with Crippen LogP contribution in [0.2, 0.25) is 0 Å². The van der Waals surface area contributed by atoms with E-state index in [0.29, 0.717) is 33.8 Å². The Morgan fingerprint density at radius 3 is 1.77 bits per heavy atom. The molecule has 52 heavy (non-hydrogen) atoms. The lowest BCUT2D eigenvalue weighted by atomic mass is 9.92. The zero-order valence-electron chi connectivity index (χ0n) is 27.6. The van der Waals surface area contributed by atoms with Crippen molar-refractivity contribution in [2.75, 3.05) is 4.90 Å². The molecule has 0 bridgehead atoms. The summed E-state index contributed by atoms with van der Waals surface area (Å²) in [5.41, 5.74) is 9.62. The summed E-state index contributed by atoms with van der Waals surface area (Å²) < 4.78 is 2.04. The van der Waals surface area contributed by atoms with Gasteiger partial charge in [-0.05, 0) is 70.3 Å². The molecule has 6 heteroatoms. The molecule has 2 amide bonds. The number of carbonyl (C=O) groups excluding carboxylic acids is 2. The molecule has 2 heterocycles. The molecule has 1 aliphatic rings. The summed E-state index contributed by atoms with van der Waals surface area (Å²) >= 11 is 0. The summed E-state index contributed by atoms with van der Waals surface area (Å²) in [6, 6.07) is 52.1. The van der Waals surface area contributed by atoms with Gasteiger partial charge in [0.25, 0.3) is 11.8 Å². The zero-order valence-corrected chi connectivity index (χ0v) is 27.6. The third kappa shape index (κ3) is 4.56. The van der Waals surface area contributed by atoms with E-state index in [1.54, 1.807) is 12.1 Å². The van der Waals surface area contributed by atoms with Crippen LogP contribution in [0, 0.1) is 17.9 Å². The van der Waals surface area contributed by atoms with Crippen molar-refractivity contribution in [3.05, 3.63) is 186 Å². The van der Waals surface area contributed by atoms with Crippen LogP contribution >= 0.6 is 0 Å². The Bertz CT molecular complexity index is 2740. The fraction of sp³-hybridized carbons (Fsp3) is 0. The van der Waals surface area contributed by atoms with E-state index in [9.17, 15) is 14.9 Å². The maximum Gasteiger partial charge on any atom is 0.268 e. The lowest BCUT2D eigenvalue weighted by Crippen LogP contribution is -2.29. The number of carbonyl (C=O) groups is 2. The minimum atomic E-state index is -0.404. The monoisotopic (exact) mass is 666 g/mol. The second-order valence-corrected chi connectivity index (χ2v) is 12.6. The first-order valence-electron chi connectivity index (χ1n) is 16.8. The van der Waals surface area contributed by atoms with Gasteiger partial charge < -0.3 is 4.57 Å². The molecule has 0 atom stereocenters. The van der Waals surface area contributed by atoms with Crippen LogP contribution in [0.15, 0.2) is 158 Å². The standard InChI is InChI=1S/C46H26N4O2/c1-48-38-20-8-7-16-34(38)36-18-10-22-40-43(36)42-35(33-15-6-5-14-31(33)28-47)17-9-21-39(42)50(40)41-23-11-19-37-44(41)46(52)49(45(37)51)32-26-24-30(25-27-32)29-12-3-2-4-13-29/h2-27H. The smallest absolute Gasteiger partial charge is 0.268 e. The minimum Gasteiger partial charge on any atom is -0.308 e. The van der Waals surface area contributed by atoms with Gasteiger partial charge in [0.05, 0.1) is 51.7 Å². The normalized spacial score (nSPS) is 12.2. The van der Waals surface area contributed by atoms with Gasteiger partial charge in [0, 0.05) is 16.3 Å². The van der Waals surface area contributed by atoms with Gasteiger partial charge in [0.2, 0.25) is 0 Å². The molecule has 0 fully saturated rings. The summed E-state index contributed by atoms with van der Waals surface area (Å²) in [4.78, 5) is 33.7. The van der Waals surface area contributed by atoms with Crippen molar-refractivity contribution in [3.8, 4) is 45.1 Å². The number of hydrogen-bond acceptors (Lipinski definition) is 3. The van der Waals surface area contributed by atoms with Crippen LogP contribution < -0.4 is 4.90 Å². The van der Waals surface area contributed by atoms with Crippen molar-refractivity contribution in [2.24, 2.45) is 0 Å². The molecule has 1 aliphatic heterocycles. The second-order valence-electron chi connectivity index (χ2n) is 12.6. The van der Waals surface area contributed by atoms with Crippen LogP contribution in [0.4, 0.5) is 11.4 Å². The van der Waals surface area contributed by atoms with E-state index in [-0.39, 0.29) is 5.91 Å². The van der Waals surface area contributed by atoms with Gasteiger partial charge in [0.1, 0.15) is 0 Å². The quantitative estimate of drug-likeness (QED) is 0.136. The van der Waals surface area contributed by atoms with E-state index in [1.165, 1.54) is 4.90 Å². The molecule has 242 valence electrons. The highest BCUT2D eigenvalue weighted by atomic mass is 16.2. The van der Waals surface area contributed by atoms with Gasteiger partial charge >= 0.3 is 0 Å². The molecule has 8 aromatic rings. The van der Waals surface area contributed by atoms with E-state index in [0.717, 1.165) is 55.2 Å². The molecular weight excluding hydrogens is 641 g/mol. The van der Waals surface area contributed by atoms with Gasteiger partial charge in [-0.2, -0.15) is 5.26 Å². The number of nitriles is 1. The number of rotatable bonds is 5. The molecule has 0 spiro atoms. The average Bonchev–Trinajstić information content (AvgIpc) is 3.69. The molecule has 0 unspecified atom stereocenters. The van der Waals surface area contributed by atoms with E-state index in [2.05, 4.69) is 10.9 Å². The third-order valence-corrected chi connectivity index (χ3v) is 9.84. The van der Waals surface area contributed by atoms with Gasteiger partial charge in [-0.3, -0.25) is 9.59 Å². The molecule has 1 aromatic heterocycles. The zero-order chi connectivity index (χ0) is 35.3. The van der Waals surface area contributed by atoms with Crippen molar-refractivity contribution in [3.63, 3.8) is 0 Å². The number of benzene rings is 7. The number of aromatic nitrogens is 1. The maximum absolute atomic E-state index is 14.5. The predicted molar refractivity (Wildman–Crippen MR) is 206 cm³/mol. The Kier molecular flexibility index (Phi) is 7.10. The van der Waals surface area contributed by atoms with Gasteiger partial charge in [-0.1, -0.05) is 115 Å². The van der Waals surface area contributed by atoms with Gasteiger partial charge in [-0.15, -0.1) is 0 Å². The first-order chi connectivity index (χ1) is 25.6. The van der Waals surface area contributed by atoms with Crippen LogP contribution in [0.5, 0.6) is 0 Å². The Labute approximate surface area is 299 Å². The number of fused-ring (bicyclic) bond motifs is 4. The first-order valence-corrected chi connectivity index (χ1v) is 16.8. The first kappa shape index (κ1) is 30.5. The molecule has 6 nitrogen and oxygen atoms in total. The van der Waals surface area contributed by atoms with Crippen LogP contribution in [0.3, 0.4) is 0 Å². The Hall–Kier alpha value is -7.54. The van der Waals surface area contributed by atoms with Crippen LogP contribution in [0.25, 0.3) is 65.7 Å². The number of para-hydroxylation sites is 1. The maximum atomic E-state index is 14.5. The van der Waals surface area contributed by atoms with Gasteiger partial charge in [-0.25, -0.2) is 9.74 Å². The highest BCUT2D eigenvalue weighted by molar-refractivity contribution is 6.36. The van der Waals surface area contributed by atoms with Crippen molar-refractivity contribution in [2.45, 2.75) is 0 Å². The summed E-state index contributed by atoms with van der Waals surface area (Å²) in [5, 5.41) is 11.9. The van der Waals surface area contributed by atoms with E-state index >= 15 is 0 Å². The summed E-state index contributed by atoms with van der Waals surface area (Å²) in [7, 11) is 0. The van der Waals surface area contributed by atoms with Crippen molar-refractivity contribution in [1.82, 2.24) is 4.57 Å². The number of imide groups is 1. The van der Waals surface area contributed by atoms with E-state index in [4.69, 9.17) is 6.57 Å². The Morgan fingerprint density at radius 1 is 0.519 bits per heavy atom. The summed E-state index contributed by atoms with van der Waals surface area (Å²) in [6.45, 7) is 7.95. The van der Waals surface area contributed by atoms with Crippen LogP contribution in [0.1, 0.15) is 26.3 Å².